The highest BCUT2D eigenvalue weighted by Crippen LogP contribution is 2.29. The topological polar surface area (TPSA) is 41.1 Å². The number of halogens is 1. The Bertz CT molecular complexity index is 434. The van der Waals surface area contributed by atoms with Crippen molar-refractivity contribution in [1.82, 2.24) is 5.32 Å². The second-order valence-electron chi connectivity index (χ2n) is 5.93. The highest BCUT2D eigenvalue weighted by atomic mass is 35.5. The van der Waals surface area contributed by atoms with Crippen molar-refractivity contribution in [3.63, 3.8) is 0 Å². The molecule has 0 radical (unpaired) electrons. The normalized spacial score (nSPS) is 18.8. The number of benzene rings is 1. The number of hydrogen-bond donors (Lipinski definition) is 2. The maximum absolute atomic E-state index is 12.1. The lowest BCUT2D eigenvalue weighted by atomic mass is 9.86. The molecule has 0 spiro atoms. The van der Waals surface area contributed by atoms with Crippen LogP contribution in [-0.2, 0) is 10.2 Å². The molecule has 1 fully saturated rings. The smallest absolute Gasteiger partial charge is 0.241 e. The number of anilines is 1. The molecule has 19 heavy (non-hydrogen) atoms. The molecular formula is C15H23ClN2O. The minimum absolute atomic E-state index is 0. The average molecular weight is 283 g/mol. The third-order valence-corrected chi connectivity index (χ3v) is 3.37. The predicted molar refractivity (Wildman–Crippen MR) is 82.0 cm³/mol. The van der Waals surface area contributed by atoms with E-state index in [0.717, 1.165) is 25.1 Å². The van der Waals surface area contributed by atoms with Gasteiger partial charge in [0.25, 0.3) is 0 Å². The maximum Gasteiger partial charge on any atom is 0.241 e. The van der Waals surface area contributed by atoms with E-state index >= 15 is 0 Å². The van der Waals surface area contributed by atoms with Crippen LogP contribution in [0.5, 0.6) is 0 Å². The van der Waals surface area contributed by atoms with Gasteiger partial charge in [0, 0.05) is 5.69 Å². The summed E-state index contributed by atoms with van der Waals surface area (Å²) in [6.07, 6.45) is 2.02. The molecule has 1 aliphatic heterocycles. The fourth-order valence-corrected chi connectivity index (χ4v) is 2.37. The van der Waals surface area contributed by atoms with E-state index in [9.17, 15) is 4.79 Å². The number of hydrogen-bond acceptors (Lipinski definition) is 2. The Hall–Kier alpha value is -1.06. The fourth-order valence-electron chi connectivity index (χ4n) is 2.37. The third kappa shape index (κ3) is 3.95. The van der Waals surface area contributed by atoms with E-state index in [1.807, 2.05) is 18.2 Å². The van der Waals surface area contributed by atoms with E-state index in [4.69, 9.17) is 0 Å². The zero-order valence-corrected chi connectivity index (χ0v) is 12.6. The van der Waals surface area contributed by atoms with Crippen molar-refractivity contribution in [2.45, 2.75) is 45.1 Å². The van der Waals surface area contributed by atoms with Crippen molar-refractivity contribution in [3.05, 3.63) is 29.8 Å². The first-order valence-corrected chi connectivity index (χ1v) is 6.62. The van der Waals surface area contributed by atoms with Gasteiger partial charge in [0.05, 0.1) is 6.04 Å². The lowest BCUT2D eigenvalue weighted by molar-refractivity contribution is -0.117. The number of rotatable bonds is 2. The summed E-state index contributed by atoms with van der Waals surface area (Å²) in [7, 11) is 0. The molecular weight excluding hydrogens is 260 g/mol. The molecule has 1 aromatic rings. The van der Waals surface area contributed by atoms with Crippen LogP contribution in [-0.4, -0.2) is 18.5 Å². The molecule has 1 atom stereocenters. The van der Waals surface area contributed by atoms with Gasteiger partial charge in [-0.25, -0.2) is 0 Å². The first kappa shape index (κ1) is 16.0. The molecule has 3 nitrogen and oxygen atoms in total. The summed E-state index contributed by atoms with van der Waals surface area (Å²) in [6.45, 7) is 7.42. The first-order chi connectivity index (χ1) is 8.48. The Morgan fingerprint density at radius 3 is 2.58 bits per heavy atom. The Balaban J connectivity index is 0.00000180. The lowest BCUT2D eigenvalue weighted by Crippen LogP contribution is -2.36. The van der Waals surface area contributed by atoms with Gasteiger partial charge >= 0.3 is 0 Å². The summed E-state index contributed by atoms with van der Waals surface area (Å²) in [4.78, 5) is 12.1. The number of amides is 1. The summed E-state index contributed by atoms with van der Waals surface area (Å²) in [5.74, 6) is 0.0872. The highest BCUT2D eigenvalue weighted by molar-refractivity contribution is 5.95. The Morgan fingerprint density at radius 2 is 2.00 bits per heavy atom. The van der Waals surface area contributed by atoms with Crippen molar-refractivity contribution in [3.8, 4) is 0 Å². The molecule has 2 N–H and O–H groups in total. The minimum Gasteiger partial charge on any atom is -0.324 e. The van der Waals surface area contributed by atoms with Gasteiger partial charge in [0.15, 0.2) is 0 Å². The molecule has 2 rings (SSSR count). The molecule has 4 heteroatoms. The van der Waals surface area contributed by atoms with E-state index in [1.165, 1.54) is 5.56 Å². The summed E-state index contributed by atoms with van der Waals surface area (Å²) in [5, 5.41) is 6.28. The van der Waals surface area contributed by atoms with E-state index < -0.39 is 0 Å². The first-order valence-electron chi connectivity index (χ1n) is 6.62. The van der Waals surface area contributed by atoms with Gasteiger partial charge in [-0.3, -0.25) is 4.79 Å². The molecule has 0 aromatic heterocycles. The van der Waals surface area contributed by atoms with Crippen molar-refractivity contribution in [1.29, 1.82) is 0 Å². The van der Waals surface area contributed by atoms with Crippen LogP contribution in [0.25, 0.3) is 0 Å². The van der Waals surface area contributed by atoms with Crippen LogP contribution in [0, 0.1) is 0 Å². The Morgan fingerprint density at radius 1 is 1.32 bits per heavy atom. The third-order valence-electron chi connectivity index (χ3n) is 3.37. The van der Waals surface area contributed by atoms with Gasteiger partial charge < -0.3 is 10.6 Å². The van der Waals surface area contributed by atoms with Gasteiger partial charge in [0.1, 0.15) is 0 Å². The van der Waals surface area contributed by atoms with Crippen molar-refractivity contribution < 1.29 is 4.79 Å². The quantitative estimate of drug-likeness (QED) is 0.875. The molecule has 1 amide bonds. The van der Waals surface area contributed by atoms with Crippen LogP contribution in [0.1, 0.15) is 39.2 Å². The predicted octanol–water partition coefficient (Wildman–Crippen LogP) is 3.10. The minimum atomic E-state index is -0.0296. The van der Waals surface area contributed by atoms with Crippen LogP contribution >= 0.6 is 12.4 Å². The summed E-state index contributed by atoms with van der Waals surface area (Å²) in [5.41, 5.74) is 2.15. The molecule has 1 saturated heterocycles. The van der Waals surface area contributed by atoms with Crippen molar-refractivity contribution >= 4 is 24.0 Å². The molecule has 1 aromatic carbocycles. The van der Waals surface area contributed by atoms with Gasteiger partial charge in [-0.05, 0) is 36.4 Å². The SMILES string of the molecule is CC(C)(C)c1ccccc1NC(=O)[C@@H]1CCCN1.Cl. The molecule has 1 heterocycles. The summed E-state index contributed by atoms with van der Waals surface area (Å²) >= 11 is 0. The van der Waals surface area contributed by atoms with Crippen LogP contribution in [0.15, 0.2) is 24.3 Å². The monoisotopic (exact) mass is 282 g/mol. The molecule has 0 aliphatic carbocycles. The number of carbonyl (C=O) groups is 1. The Kier molecular flexibility index (Phi) is 5.39. The molecule has 0 bridgehead atoms. The zero-order chi connectivity index (χ0) is 13.2. The van der Waals surface area contributed by atoms with E-state index in [1.54, 1.807) is 0 Å². The number of para-hydroxylation sites is 1. The van der Waals surface area contributed by atoms with Gasteiger partial charge in [0.2, 0.25) is 5.91 Å². The standard InChI is InChI=1S/C15H22N2O.ClH/c1-15(2,3)11-7-4-5-8-12(11)17-14(18)13-9-6-10-16-13;/h4-5,7-8,13,16H,6,9-10H2,1-3H3,(H,17,18);1H/t13-;/m0./s1. The summed E-state index contributed by atoms with van der Waals surface area (Å²) < 4.78 is 0. The van der Waals surface area contributed by atoms with Crippen LogP contribution in [0.4, 0.5) is 5.69 Å². The van der Waals surface area contributed by atoms with Crippen molar-refractivity contribution in [2.75, 3.05) is 11.9 Å². The largest absolute Gasteiger partial charge is 0.324 e. The van der Waals surface area contributed by atoms with Gasteiger partial charge in [-0.2, -0.15) is 0 Å². The molecule has 1 aliphatic rings. The zero-order valence-electron chi connectivity index (χ0n) is 11.8. The second-order valence-corrected chi connectivity index (χ2v) is 5.93. The number of carbonyl (C=O) groups excluding carboxylic acids is 1. The summed E-state index contributed by atoms with van der Waals surface area (Å²) in [6, 6.07) is 8.01. The lowest BCUT2D eigenvalue weighted by Gasteiger charge is -2.23. The Labute approximate surface area is 121 Å². The van der Waals surface area contributed by atoms with Crippen LogP contribution < -0.4 is 10.6 Å². The van der Waals surface area contributed by atoms with E-state index in [2.05, 4.69) is 37.5 Å². The van der Waals surface area contributed by atoms with Gasteiger partial charge in [-0.1, -0.05) is 39.0 Å². The molecule has 0 unspecified atom stereocenters. The fraction of sp³-hybridized carbons (Fsp3) is 0.533. The van der Waals surface area contributed by atoms with E-state index in [-0.39, 0.29) is 29.8 Å². The van der Waals surface area contributed by atoms with Crippen LogP contribution in [0.3, 0.4) is 0 Å². The second kappa shape index (κ2) is 6.40. The average Bonchev–Trinajstić information content (AvgIpc) is 2.81. The maximum atomic E-state index is 12.1. The highest BCUT2D eigenvalue weighted by Gasteiger charge is 2.24. The van der Waals surface area contributed by atoms with E-state index in [0.29, 0.717) is 0 Å². The van der Waals surface area contributed by atoms with Gasteiger partial charge in [-0.15, -0.1) is 12.4 Å². The van der Waals surface area contributed by atoms with Crippen molar-refractivity contribution in [2.24, 2.45) is 0 Å². The molecule has 106 valence electrons. The van der Waals surface area contributed by atoms with Crippen LogP contribution in [0.2, 0.25) is 0 Å². The molecule has 0 saturated carbocycles. The number of nitrogens with one attached hydrogen (secondary N) is 2.